The van der Waals surface area contributed by atoms with Gasteiger partial charge < -0.3 is 41.0 Å². The number of carbonyl (C=O) groups is 4. The minimum absolute atomic E-state index is 0.0675. The van der Waals surface area contributed by atoms with Gasteiger partial charge in [-0.3, -0.25) is 14.4 Å². The van der Waals surface area contributed by atoms with Gasteiger partial charge in [0.05, 0.1) is 45.9 Å². The van der Waals surface area contributed by atoms with E-state index in [4.69, 9.17) is 14.9 Å². The van der Waals surface area contributed by atoms with Crippen LogP contribution in [0.2, 0.25) is 0 Å². The highest BCUT2D eigenvalue weighted by atomic mass is 16.5. The Morgan fingerprint density at radius 2 is 1.64 bits per heavy atom. The maximum absolute atomic E-state index is 11.4. The van der Waals surface area contributed by atoms with E-state index in [0.717, 1.165) is 38.6 Å². The molecule has 202 valence electrons. The van der Waals surface area contributed by atoms with Crippen molar-refractivity contribution < 1.29 is 34.1 Å². The average Bonchev–Trinajstić information content (AvgIpc) is 2.90. The fourth-order valence-electron chi connectivity index (χ4n) is 3.96. The second-order valence-corrected chi connectivity index (χ2v) is 8.61. The number of methoxy groups -OCH3 is 1. The molecule has 1 aromatic rings. The van der Waals surface area contributed by atoms with Crippen molar-refractivity contribution >= 4 is 29.8 Å². The number of aliphatic hydroxyl groups excluding tert-OH is 2. The lowest BCUT2D eigenvalue weighted by atomic mass is 9.80. The summed E-state index contributed by atoms with van der Waals surface area (Å²) in [5.41, 5.74) is 1.90. The molecular weight excluding hydrogens is 468 g/mol. The molecule has 1 aliphatic carbocycles. The van der Waals surface area contributed by atoms with E-state index in [-0.39, 0.29) is 56.5 Å². The minimum atomic E-state index is -0.165. The number of aldehydes is 1. The maximum Gasteiger partial charge on any atom is 0.308 e. The predicted octanol–water partition coefficient (Wildman–Crippen LogP) is 0.0897. The van der Waals surface area contributed by atoms with Gasteiger partial charge in [-0.15, -0.1) is 0 Å². The zero-order valence-corrected chi connectivity index (χ0v) is 21.2. The van der Waals surface area contributed by atoms with Crippen molar-refractivity contribution in [3.63, 3.8) is 0 Å². The molecule has 1 fully saturated rings. The molecule has 0 atom stereocenters. The summed E-state index contributed by atoms with van der Waals surface area (Å²) in [6, 6.07) is 5.03. The lowest BCUT2D eigenvalue weighted by molar-refractivity contribution is -0.146. The van der Waals surface area contributed by atoms with E-state index in [1.54, 1.807) is 25.2 Å². The fourth-order valence-corrected chi connectivity index (χ4v) is 3.96. The molecule has 0 spiro atoms. The van der Waals surface area contributed by atoms with E-state index < -0.39 is 0 Å². The zero-order valence-electron chi connectivity index (χ0n) is 21.2. The van der Waals surface area contributed by atoms with E-state index in [1.165, 1.54) is 7.11 Å². The van der Waals surface area contributed by atoms with Crippen LogP contribution in [0.15, 0.2) is 18.2 Å². The minimum Gasteiger partial charge on any atom is -0.469 e. The van der Waals surface area contributed by atoms with E-state index >= 15 is 0 Å². The first kappa shape index (κ1) is 31.2. The first-order chi connectivity index (χ1) is 17.4. The molecule has 6 N–H and O–H groups in total. The lowest BCUT2D eigenvalue weighted by Crippen LogP contribution is -2.35. The second kappa shape index (κ2) is 18.4. The number of amides is 2. The normalized spacial score (nSPS) is 16.8. The third-order valence-corrected chi connectivity index (χ3v) is 5.82. The number of hydrogen-bond acceptors (Lipinski definition) is 9. The second-order valence-electron chi connectivity index (χ2n) is 8.61. The van der Waals surface area contributed by atoms with Crippen LogP contribution in [-0.2, 0) is 37.1 Å². The molecule has 2 rings (SSSR count). The topological polar surface area (TPSA) is 166 Å². The molecule has 0 aromatic heterocycles. The van der Waals surface area contributed by atoms with Crippen LogP contribution in [0, 0.1) is 11.8 Å². The van der Waals surface area contributed by atoms with Gasteiger partial charge in [-0.25, -0.2) is 0 Å². The molecule has 1 aliphatic rings. The smallest absolute Gasteiger partial charge is 0.308 e. The summed E-state index contributed by atoms with van der Waals surface area (Å²) in [4.78, 5) is 44.0. The van der Waals surface area contributed by atoms with Crippen LogP contribution in [0.1, 0.15) is 43.2 Å². The summed E-state index contributed by atoms with van der Waals surface area (Å²) in [5.74, 6) is 0.265. The molecule has 2 amide bonds. The molecule has 0 aliphatic heterocycles. The fraction of sp³-hybridized carbons (Fsp3) is 0.600. The average molecular weight is 509 g/mol. The number of benzene rings is 1. The number of nitrogens with one attached hydrogen (secondary N) is 4. The van der Waals surface area contributed by atoms with Crippen LogP contribution in [0.3, 0.4) is 0 Å². The first-order valence-corrected chi connectivity index (χ1v) is 12.1. The number of likely N-dealkylation sites (N-methyl/N-ethyl adjacent to an activating group) is 1. The van der Waals surface area contributed by atoms with Gasteiger partial charge in [-0.2, -0.15) is 0 Å². The van der Waals surface area contributed by atoms with E-state index in [2.05, 4.69) is 21.3 Å². The van der Waals surface area contributed by atoms with Crippen molar-refractivity contribution in [3.8, 4) is 0 Å². The van der Waals surface area contributed by atoms with Gasteiger partial charge in [0, 0.05) is 5.69 Å². The summed E-state index contributed by atoms with van der Waals surface area (Å²) >= 11 is 0. The monoisotopic (exact) mass is 508 g/mol. The highest BCUT2D eigenvalue weighted by Crippen LogP contribution is 2.31. The van der Waals surface area contributed by atoms with Gasteiger partial charge in [0.15, 0.2) is 0 Å². The molecule has 0 radical (unpaired) electrons. The molecule has 0 bridgehead atoms. The molecule has 0 saturated heterocycles. The van der Waals surface area contributed by atoms with Gasteiger partial charge in [0.2, 0.25) is 11.8 Å². The van der Waals surface area contributed by atoms with Crippen LogP contribution >= 0.6 is 0 Å². The summed E-state index contributed by atoms with van der Waals surface area (Å²) < 4.78 is 4.76. The zero-order chi connectivity index (χ0) is 26.8. The Balaban J connectivity index is 0.000000369. The number of rotatable bonds is 13. The van der Waals surface area contributed by atoms with Crippen molar-refractivity contribution in [3.05, 3.63) is 29.3 Å². The number of aliphatic hydroxyl groups is 2. The molecule has 1 saturated carbocycles. The van der Waals surface area contributed by atoms with Gasteiger partial charge in [0.25, 0.3) is 0 Å². The van der Waals surface area contributed by atoms with Gasteiger partial charge >= 0.3 is 5.97 Å². The summed E-state index contributed by atoms with van der Waals surface area (Å²) in [6.45, 7) is 1.06. The summed E-state index contributed by atoms with van der Waals surface area (Å²) in [6.07, 6.45) is 5.55. The third kappa shape index (κ3) is 12.7. The van der Waals surface area contributed by atoms with Crippen molar-refractivity contribution in [2.45, 2.75) is 45.3 Å². The Morgan fingerprint density at radius 3 is 2.17 bits per heavy atom. The van der Waals surface area contributed by atoms with E-state index in [1.807, 2.05) is 0 Å². The van der Waals surface area contributed by atoms with Gasteiger partial charge in [0.1, 0.15) is 6.29 Å². The Morgan fingerprint density at radius 1 is 1.00 bits per heavy atom. The Hall–Kier alpha value is -2.86. The van der Waals surface area contributed by atoms with Crippen LogP contribution < -0.4 is 21.3 Å². The quantitative estimate of drug-likeness (QED) is 0.123. The number of anilines is 1. The van der Waals surface area contributed by atoms with Crippen molar-refractivity contribution in [2.75, 3.05) is 45.7 Å². The number of esters is 1. The Labute approximate surface area is 212 Å². The molecule has 1 aromatic carbocycles. The SMILES string of the molecule is CNCC(=O)Nc1cc(CO)cc(CO)c1.COC(=O)C1CCC(CCNCC(=O)NCC=O)CC1. The summed E-state index contributed by atoms with van der Waals surface area (Å²) in [5, 5.41) is 29.0. The van der Waals surface area contributed by atoms with Crippen LogP contribution in [0.5, 0.6) is 0 Å². The molecular formula is C25H40N4O7. The number of carbonyl (C=O) groups excluding carboxylic acids is 4. The third-order valence-electron chi connectivity index (χ3n) is 5.82. The number of ether oxygens (including phenoxy) is 1. The van der Waals surface area contributed by atoms with Crippen molar-refractivity contribution in [1.82, 2.24) is 16.0 Å². The van der Waals surface area contributed by atoms with Crippen LogP contribution in [0.4, 0.5) is 5.69 Å². The Kier molecular flexibility index (Phi) is 15.9. The molecule has 0 unspecified atom stereocenters. The summed E-state index contributed by atoms with van der Waals surface area (Å²) in [7, 11) is 3.12. The molecule has 11 heteroatoms. The highest BCUT2D eigenvalue weighted by molar-refractivity contribution is 5.92. The number of hydrogen-bond donors (Lipinski definition) is 6. The standard InChI is InChI=1S/C14H24N2O4.C11H16N2O3/c1-20-14(19)12-4-2-11(3-5-12)6-7-15-10-13(18)16-8-9-17;1-12-5-11(16)13-10-3-8(6-14)2-9(4-10)7-15/h9,11-12,15H,2-8,10H2,1H3,(H,16,18);2-4,12,14-15H,5-7H2,1H3,(H,13,16). The highest BCUT2D eigenvalue weighted by Gasteiger charge is 2.26. The maximum atomic E-state index is 11.4. The molecule has 11 nitrogen and oxygen atoms in total. The first-order valence-electron chi connectivity index (χ1n) is 12.1. The molecule has 0 heterocycles. The van der Waals surface area contributed by atoms with E-state index in [9.17, 15) is 19.2 Å². The van der Waals surface area contributed by atoms with Crippen molar-refractivity contribution in [2.24, 2.45) is 11.8 Å². The van der Waals surface area contributed by atoms with Gasteiger partial charge in [-0.05, 0) is 74.9 Å². The molecule has 36 heavy (non-hydrogen) atoms. The Bertz CT molecular complexity index is 804. The lowest BCUT2D eigenvalue weighted by Gasteiger charge is -2.26. The largest absolute Gasteiger partial charge is 0.469 e. The van der Waals surface area contributed by atoms with Crippen LogP contribution in [-0.4, -0.2) is 74.6 Å². The van der Waals surface area contributed by atoms with Gasteiger partial charge in [-0.1, -0.05) is 6.07 Å². The van der Waals surface area contributed by atoms with Crippen molar-refractivity contribution in [1.29, 1.82) is 0 Å². The van der Waals surface area contributed by atoms with E-state index in [0.29, 0.717) is 29.0 Å². The van der Waals surface area contributed by atoms with Crippen LogP contribution in [0.25, 0.3) is 0 Å². The predicted molar refractivity (Wildman–Crippen MR) is 135 cm³/mol.